The molecule has 0 saturated carbocycles. The van der Waals surface area contributed by atoms with Crippen LogP contribution in [0.1, 0.15) is 17.2 Å². The molecule has 0 aliphatic heterocycles. The second-order valence-corrected chi connectivity index (χ2v) is 8.27. The normalized spacial score (nSPS) is 15.9. The van der Waals surface area contributed by atoms with Crippen LogP contribution in [0.25, 0.3) is 11.1 Å². The number of benzene rings is 2. The fourth-order valence-electron chi connectivity index (χ4n) is 3.13. The van der Waals surface area contributed by atoms with Gasteiger partial charge in [0.1, 0.15) is 15.4 Å². The summed E-state index contributed by atoms with van der Waals surface area (Å²) in [7, 11) is -10.0. The monoisotopic (exact) mass is 416 g/mol. The van der Waals surface area contributed by atoms with Gasteiger partial charge >= 0.3 is 0 Å². The minimum atomic E-state index is -5.05. The van der Waals surface area contributed by atoms with Crippen LogP contribution in [0.15, 0.2) is 40.1 Å². The maximum atomic E-state index is 11.7. The third-order valence-corrected chi connectivity index (χ3v) is 5.82. The molecule has 2 N–H and O–H groups in total. The molecule has 0 spiro atoms. The van der Waals surface area contributed by atoms with Gasteiger partial charge in [0.2, 0.25) is 0 Å². The molecule has 142 valence electrons. The smallest absolute Gasteiger partial charge is 0.282 e. The first-order valence-corrected chi connectivity index (χ1v) is 9.76. The molecule has 1 aliphatic carbocycles. The fourth-order valence-corrected chi connectivity index (χ4v) is 4.57. The highest BCUT2D eigenvalue weighted by Crippen LogP contribution is 2.53. The van der Waals surface area contributed by atoms with Crippen LogP contribution in [0, 0.1) is 20.2 Å². The quantitative estimate of drug-likeness (QED) is 0.418. The predicted octanol–water partition coefficient (Wildman–Crippen LogP) is 1.43. The van der Waals surface area contributed by atoms with E-state index in [1.54, 1.807) is 0 Å². The van der Waals surface area contributed by atoms with E-state index in [9.17, 15) is 46.2 Å². The first-order valence-electron chi connectivity index (χ1n) is 6.88. The maximum absolute atomic E-state index is 11.7. The Morgan fingerprint density at radius 3 is 1.89 bits per heavy atom. The standard InChI is InChI=1S/C13H8N2O10S2/c16-14(17)7-4-5-9(27(23,24)25)12-10-6(13(11(7)12)15(18)19)2-1-3-8(10)26(20,21)22/h1-5,13H,(H,20,21,22)(H,23,24,25). The number of nitrogens with zero attached hydrogens (tertiary/aromatic N) is 2. The SMILES string of the molecule is O=[N+]([O-])c1ccc(S(=O)(=O)O)c2c1C([N+](=O)[O-])c1cccc(S(=O)(=O)O)c1-2. The van der Waals surface area contributed by atoms with E-state index in [4.69, 9.17) is 0 Å². The summed E-state index contributed by atoms with van der Waals surface area (Å²) in [6.07, 6.45) is 0. The largest absolute Gasteiger partial charge is 0.295 e. The van der Waals surface area contributed by atoms with E-state index in [1.165, 1.54) is 0 Å². The second kappa shape index (κ2) is 5.78. The van der Waals surface area contributed by atoms with E-state index in [0.29, 0.717) is 12.1 Å². The Bertz CT molecular complexity index is 1230. The lowest BCUT2D eigenvalue weighted by atomic mass is 10.0. The van der Waals surface area contributed by atoms with Gasteiger partial charge in [-0.25, -0.2) is 0 Å². The minimum Gasteiger partial charge on any atom is -0.282 e. The Kier molecular flexibility index (Phi) is 4.03. The van der Waals surface area contributed by atoms with Crippen molar-refractivity contribution in [2.45, 2.75) is 15.8 Å². The Morgan fingerprint density at radius 1 is 0.852 bits per heavy atom. The Morgan fingerprint density at radius 2 is 1.41 bits per heavy atom. The number of hydrogen-bond donors (Lipinski definition) is 2. The topological polar surface area (TPSA) is 195 Å². The Balaban J connectivity index is 2.65. The highest BCUT2D eigenvalue weighted by molar-refractivity contribution is 7.86. The first kappa shape index (κ1) is 18.8. The average molecular weight is 416 g/mol. The molecular weight excluding hydrogens is 408 g/mol. The van der Waals surface area contributed by atoms with Crippen LogP contribution < -0.4 is 0 Å². The van der Waals surface area contributed by atoms with Crippen molar-refractivity contribution in [3.05, 3.63) is 61.7 Å². The summed E-state index contributed by atoms with van der Waals surface area (Å²) in [5, 5.41) is 22.9. The summed E-state index contributed by atoms with van der Waals surface area (Å²) in [5.41, 5.74) is -3.21. The van der Waals surface area contributed by atoms with Crippen molar-refractivity contribution in [3.8, 4) is 11.1 Å². The lowest BCUT2D eigenvalue weighted by molar-refractivity contribution is -0.518. The van der Waals surface area contributed by atoms with Gasteiger partial charge in [0.25, 0.3) is 32.0 Å². The van der Waals surface area contributed by atoms with E-state index >= 15 is 0 Å². The van der Waals surface area contributed by atoms with Gasteiger partial charge in [0, 0.05) is 27.7 Å². The molecule has 27 heavy (non-hydrogen) atoms. The number of rotatable bonds is 4. The number of hydrogen-bond acceptors (Lipinski definition) is 8. The molecule has 0 fully saturated rings. The van der Waals surface area contributed by atoms with Crippen LogP contribution in [-0.4, -0.2) is 35.8 Å². The van der Waals surface area contributed by atoms with Crippen LogP contribution in [0.3, 0.4) is 0 Å². The van der Waals surface area contributed by atoms with Gasteiger partial charge in [-0.05, 0) is 12.1 Å². The molecule has 0 saturated heterocycles. The summed E-state index contributed by atoms with van der Waals surface area (Å²) < 4.78 is 65.7. The van der Waals surface area contributed by atoms with E-state index in [2.05, 4.69) is 0 Å². The Labute approximate surface area is 150 Å². The molecule has 0 aromatic heterocycles. The number of nitro benzene ring substituents is 1. The molecule has 2 aromatic carbocycles. The summed E-state index contributed by atoms with van der Waals surface area (Å²) in [6.45, 7) is 0. The van der Waals surface area contributed by atoms with Crippen molar-refractivity contribution < 1.29 is 35.8 Å². The van der Waals surface area contributed by atoms with E-state index < -0.39 is 68.3 Å². The first-order chi connectivity index (χ1) is 12.4. The predicted molar refractivity (Wildman–Crippen MR) is 87.0 cm³/mol. The van der Waals surface area contributed by atoms with Crippen LogP contribution in [-0.2, 0) is 20.2 Å². The maximum Gasteiger partial charge on any atom is 0.295 e. The molecule has 14 heteroatoms. The fraction of sp³-hybridized carbons (Fsp3) is 0.0769. The molecule has 1 unspecified atom stereocenters. The molecule has 0 amide bonds. The van der Waals surface area contributed by atoms with Crippen molar-refractivity contribution in [1.82, 2.24) is 0 Å². The third kappa shape index (κ3) is 2.84. The highest BCUT2D eigenvalue weighted by atomic mass is 32.2. The van der Waals surface area contributed by atoms with Crippen molar-refractivity contribution in [3.63, 3.8) is 0 Å². The molecule has 0 bridgehead atoms. The number of fused-ring (bicyclic) bond motifs is 3. The molecule has 2 aromatic rings. The van der Waals surface area contributed by atoms with Crippen LogP contribution in [0.5, 0.6) is 0 Å². The Hall–Kier alpha value is -2.94. The summed E-state index contributed by atoms with van der Waals surface area (Å²) in [5.74, 6) is 0. The molecule has 12 nitrogen and oxygen atoms in total. The van der Waals surface area contributed by atoms with Crippen molar-refractivity contribution >= 4 is 25.9 Å². The third-order valence-electron chi connectivity index (χ3n) is 4.02. The van der Waals surface area contributed by atoms with Crippen molar-refractivity contribution in [2.24, 2.45) is 0 Å². The van der Waals surface area contributed by atoms with E-state index in [1.807, 2.05) is 0 Å². The van der Waals surface area contributed by atoms with Gasteiger partial charge in [-0.2, -0.15) is 16.8 Å². The van der Waals surface area contributed by atoms with Crippen molar-refractivity contribution in [2.75, 3.05) is 0 Å². The molecule has 1 atom stereocenters. The average Bonchev–Trinajstić information content (AvgIpc) is 2.86. The van der Waals surface area contributed by atoms with E-state index in [-0.39, 0.29) is 5.56 Å². The molecule has 1 aliphatic rings. The molecular formula is C13H8N2O10S2. The summed E-state index contributed by atoms with van der Waals surface area (Å²) in [6, 6.07) is 2.32. The van der Waals surface area contributed by atoms with Gasteiger partial charge in [0.05, 0.1) is 4.92 Å². The lowest BCUT2D eigenvalue weighted by Gasteiger charge is -2.09. The van der Waals surface area contributed by atoms with Crippen LogP contribution in [0.4, 0.5) is 5.69 Å². The van der Waals surface area contributed by atoms with E-state index in [0.717, 1.165) is 18.2 Å². The van der Waals surface area contributed by atoms with Gasteiger partial charge in [-0.15, -0.1) is 0 Å². The van der Waals surface area contributed by atoms with Gasteiger partial charge in [-0.3, -0.25) is 29.3 Å². The lowest BCUT2D eigenvalue weighted by Crippen LogP contribution is -2.11. The molecule has 3 rings (SSSR count). The highest BCUT2D eigenvalue weighted by Gasteiger charge is 2.47. The van der Waals surface area contributed by atoms with Crippen LogP contribution >= 0.6 is 0 Å². The minimum absolute atomic E-state index is 0.371. The zero-order valence-corrected chi connectivity index (χ0v) is 14.5. The zero-order valence-electron chi connectivity index (χ0n) is 12.8. The molecule has 0 radical (unpaired) electrons. The van der Waals surface area contributed by atoms with Gasteiger partial charge in [0.15, 0.2) is 0 Å². The summed E-state index contributed by atoms with van der Waals surface area (Å²) in [4.78, 5) is 19.1. The second-order valence-electron chi connectivity index (χ2n) is 5.49. The number of nitro groups is 2. The zero-order chi connectivity index (χ0) is 20.3. The van der Waals surface area contributed by atoms with Crippen molar-refractivity contribution in [1.29, 1.82) is 0 Å². The molecule has 0 heterocycles. The summed E-state index contributed by atoms with van der Waals surface area (Å²) >= 11 is 0. The van der Waals surface area contributed by atoms with Crippen LogP contribution in [0.2, 0.25) is 0 Å². The van der Waals surface area contributed by atoms with Gasteiger partial charge < -0.3 is 0 Å². The van der Waals surface area contributed by atoms with Gasteiger partial charge in [-0.1, -0.05) is 12.1 Å².